The summed E-state index contributed by atoms with van der Waals surface area (Å²) in [5, 5.41) is 21.8. The minimum atomic E-state index is -0.618. The lowest BCUT2D eigenvalue weighted by Crippen LogP contribution is -2.21. The van der Waals surface area contributed by atoms with Gasteiger partial charge in [-0.05, 0) is 19.2 Å². The first-order chi connectivity index (χ1) is 8.58. The Kier molecular flexibility index (Phi) is 4.82. The molecule has 0 saturated heterocycles. The summed E-state index contributed by atoms with van der Waals surface area (Å²) in [6.07, 6.45) is 0.440. The number of ether oxygens (including phenoxy) is 1. The number of aromatic hydroxyl groups is 1. The van der Waals surface area contributed by atoms with E-state index >= 15 is 0 Å². The zero-order chi connectivity index (χ0) is 13.7. The van der Waals surface area contributed by atoms with Crippen molar-refractivity contribution in [3.8, 4) is 5.75 Å². The van der Waals surface area contributed by atoms with Crippen molar-refractivity contribution in [1.29, 1.82) is 0 Å². The number of likely N-dealkylation sites (N-methyl/N-ethyl adjacent to an activating group) is 1. The summed E-state index contributed by atoms with van der Waals surface area (Å²) in [4.78, 5) is 22.3. The summed E-state index contributed by atoms with van der Waals surface area (Å²) < 4.78 is 4.56. The van der Waals surface area contributed by atoms with Gasteiger partial charge in [0.25, 0.3) is 0 Å². The molecule has 0 unspecified atom stereocenters. The third-order valence-corrected chi connectivity index (χ3v) is 2.62. The van der Waals surface area contributed by atoms with Gasteiger partial charge in [0, 0.05) is 5.56 Å². The summed E-state index contributed by atoms with van der Waals surface area (Å²) in [5.74, 6) is -0.877. The van der Waals surface area contributed by atoms with E-state index < -0.39 is 12.0 Å². The van der Waals surface area contributed by atoms with Crippen molar-refractivity contribution < 1.29 is 24.5 Å². The van der Waals surface area contributed by atoms with Crippen LogP contribution < -0.4 is 5.32 Å². The van der Waals surface area contributed by atoms with Crippen LogP contribution in [0.15, 0.2) is 12.1 Å². The van der Waals surface area contributed by atoms with Crippen molar-refractivity contribution >= 4 is 12.3 Å². The van der Waals surface area contributed by atoms with Crippen molar-refractivity contribution in [2.45, 2.75) is 6.04 Å². The maximum Gasteiger partial charge on any atom is 0.337 e. The van der Waals surface area contributed by atoms with Gasteiger partial charge in [0.1, 0.15) is 5.75 Å². The van der Waals surface area contributed by atoms with Crippen molar-refractivity contribution in [2.24, 2.45) is 0 Å². The number of hydrogen-bond donors (Lipinski definition) is 3. The van der Waals surface area contributed by atoms with E-state index in [1.54, 1.807) is 7.05 Å². The van der Waals surface area contributed by atoms with Crippen LogP contribution in [0.5, 0.6) is 5.75 Å². The molecule has 0 aliphatic heterocycles. The molecule has 0 saturated carbocycles. The molecule has 1 aromatic rings. The lowest BCUT2D eigenvalue weighted by molar-refractivity contribution is 0.0600. The van der Waals surface area contributed by atoms with Crippen LogP contribution in [0.4, 0.5) is 0 Å². The standard InChI is InChI=1S/C12H15NO5/c1-13-10(6-15)9-4-7(12(17)18-2)3-8(5-14)11(9)16/h3-5,10,13,15-16H,6H2,1-2H3/t10-/m1/s1. The molecule has 6 heteroatoms. The Balaban J connectivity index is 3.39. The van der Waals surface area contributed by atoms with E-state index in [4.69, 9.17) is 0 Å². The second-order valence-corrected chi connectivity index (χ2v) is 3.64. The van der Waals surface area contributed by atoms with Gasteiger partial charge in [-0.1, -0.05) is 0 Å². The quantitative estimate of drug-likeness (QED) is 0.514. The van der Waals surface area contributed by atoms with E-state index in [0.717, 1.165) is 0 Å². The number of aliphatic hydroxyl groups excluding tert-OH is 1. The number of nitrogens with one attached hydrogen (secondary N) is 1. The maximum atomic E-state index is 11.4. The molecular formula is C12H15NO5. The smallest absolute Gasteiger partial charge is 0.337 e. The Morgan fingerprint density at radius 2 is 2.22 bits per heavy atom. The monoisotopic (exact) mass is 253 g/mol. The number of aliphatic hydroxyl groups is 1. The Bertz CT molecular complexity index is 454. The highest BCUT2D eigenvalue weighted by Crippen LogP contribution is 2.29. The molecule has 0 aliphatic carbocycles. The highest BCUT2D eigenvalue weighted by molar-refractivity contribution is 5.93. The van der Waals surface area contributed by atoms with Gasteiger partial charge in [-0.3, -0.25) is 4.79 Å². The molecule has 3 N–H and O–H groups in total. The molecule has 0 radical (unpaired) electrons. The van der Waals surface area contributed by atoms with Crippen molar-refractivity contribution in [3.05, 3.63) is 28.8 Å². The summed E-state index contributed by atoms with van der Waals surface area (Å²) in [6.45, 7) is -0.285. The number of hydrogen-bond acceptors (Lipinski definition) is 6. The van der Waals surface area contributed by atoms with Crippen LogP contribution in [0.3, 0.4) is 0 Å². The number of carbonyl (C=O) groups is 2. The Labute approximate surface area is 104 Å². The molecule has 0 amide bonds. The van der Waals surface area contributed by atoms with E-state index in [1.807, 2.05) is 0 Å². The zero-order valence-electron chi connectivity index (χ0n) is 10.1. The average molecular weight is 253 g/mol. The molecule has 1 rings (SSSR count). The fraction of sp³-hybridized carbons (Fsp3) is 0.333. The molecule has 0 heterocycles. The van der Waals surface area contributed by atoms with E-state index in [1.165, 1.54) is 19.2 Å². The number of phenols is 1. The second kappa shape index (κ2) is 6.13. The minimum Gasteiger partial charge on any atom is -0.507 e. The summed E-state index contributed by atoms with van der Waals surface area (Å²) in [6, 6.07) is 2.04. The molecule has 0 fully saturated rings. The molecule has 0 spiro atoms. The number of esters is 1. The first-order valence-electron chi connectivity index (χ1n) is 5.27. The van der Waals surface area contributed by atoms with Crippen LogP contribution in [-0.2, 0) is 4.74 Å². The van der Waals surface area contributed by atoms with Crippen molar-refractivity contribution in [2.75, 3.05) is 20.8 Å². The molecule has 98 valence electrons. The van der Waals surface area contributed by atoms with Crippen molar-refractivity contribution in [3.63, 3.8) is 0 Å². The summed E-state index contributed by atoms with van der Waals surface area (Å²) in [5.41, 5.74) is 0.382. The topological polar surface area (TPSA) is 95.9 Å². The number of aldehydes is 1. The Morgan fingerprint density at radius 1 is 1.56 bits per heavy atom. The fourth-order valence-electron chi connectivity index (χ4n) is 1.62. The normalized spacial score (nSPS) is 11.9. The third-order valence-electron chi connectivity index (χ3n) is 2.62. The molecule has 6 nitrogen and oxygen atoms in total. The zero-order valence-corrected chi connectivity index (χ0v) is 10.1. The highest BCUT2D eigenvalue weighted by atomic mass is 16.5. The predicted octanol–water partition coefficient (Wildman–Crippen LogP) is 0.244. The van der Waals surface area contributed by atoms with E-state index in [0.29, 0.717) is 6.29 Å². The van der Waals surface area contributed by atoms with Crippen LogP contribution in [0, 0.1) is 0 Å². The number of rotatable bonds is 5. The van der Waals surface area contributed by atoms with E-state index in [2.05, 4.69) is 10.1 Å². The van der Waals surface area contributed by atoms with Crippen LogP contribution in [0.25, 0.3) is 0 Å². The Morgan fingerprint density at radius 3 is 2.67 bits per heavy atom. The second-order valence-electron chi connectivity index (χ2n) is 3.64. The molecular weight excluding hydrogens is 238 g/mol. The van der Waals surface area contributed by atoms with Gasteiger partial charge in [-0.2, -0.15) is 0 Å². The minimum absolute atomic E-state index is 0.0263. The van der Waals surface area contributed by atoms with Crippen LogP contribution in [0.2, 0.25) is 0 Å². The first kappa shape index (κ1) is 14.1. The van der Waals surface area contributed by atoms with Crippen LogP contribution >= 0.6 is 0 Å². The van der Waals surface area contributed by atoms with Crippen LogP contribution in [-0.4, -0.2) is 43.2 Å². The predicted molar refractivity (Wildman–Crippen MR) is 63.7 cm³/mol. The van der Waals surface area contributed by atoms with Gasteiger partial charge in [0.15, 0.2) is 6.29 Å². The van der Waals surface area contributed by atoms with E-state index in [-0.39, 0.29) is 29.0 Å². The van der Waals surface area contributed by atoms with Gasteiger partial charge in [-0.15, -0.1) is 0 Å². The first-order valence-corrected chi connectivity index (χ1v) is 5.27. The van der Waals surface area contributed by atoms with Gasteiger partial charge in [0.2, 0.25) is 0 Å². The largest absolute Gasteiger partial charge is 0.507 e. The Hall–Kier alpha value is -1.92. The van der Waals surface area contributed by atoms with Crippen LogP contribution in [0.1, 0.15) is 32.3 Å². The van der Waals surface area contributed by atoms with Gasteiger partial charge in [0.05, 0.1) is 30.9 Å². The lowest BCUT2D eigenvalue weighted by Gasteiger charge is -2.17. The molecule has 1 aromatic carbocycles. The summed E-state index contributed by atoms with van der Waals surface area (Å²) in [7, 11) is 2.81. The maximum absolute atomic E-state index is 11.4. The SMILES string of the molecule is CN[C@H](CO)c1cc(C(=O)OC)cc(C=O)c1O. The highest BCUT2D eigenvalue weighted by Gasteiger charge is 2.19. The molecule has 18 heavy (non-hydrogen) atoms. The lowest BCUT2D eigenvalue weighted by atomic mass is 9.99. The van der Waals surface area contributed by atoms with Gasteiger partial charge < -0.3 is 20.3 Å². The molecule has 1 atom stereocenters. The number of carbonyl (C=O) groups excluding carboxylic acids is 2. The third kappa shape index (κ3) is 2.66. The molecule has 0 bridgehead atoms. The molecule has 0 aromatic heterocycles. The fourth-order valence-corrected chi connectivity index (χ4v) is 1.62. The van der Waals surface area contributed by atoms with Crippen molar-refractivity contribution in [1.82, 2.24) is 5.32 Å². The summed E-state index contributed by atoms with van der Waals surface area (Å²) >= 11 is 0. The van der Waals surface area contributed by atoms with Gasteiger partial charge in [-0.25, -0.2) is 4.79 Å². The van der Waals surface area contributed by atoms with E-state index in [9.17, 15) is 19.8 Å². The number of methoxy groups -OCH3 is 1. The average Bonchev–Trinajstić information content (AvgIpc) is 2.40. The molecule has 0 aliphatic rings. The van der Waals surface area contributed by atoms with Gasteiger partial charge >= 0.3 is 5.97 Å². The number of phenolic OH excluding ortho intramolecular Hbond substituents is 1. The number of benzene rings is 1.